The van der Waals surface area contributed by atoms with Crippen molar-refractivity contribution in [3.63, 3.8) is 0 Å². The van der Waals surface area contributed by atoms with Gasteiger partial charge in [-0.25, -0.2) is 27.1 Å². The van der Waals surface area contributed by atoms with E-state index in [0.29, 0.717) is 11.1 Å². The van der Waals surface area contributed by atoms with Crippen molar-refractivity contribution in [2.24, 2.45) is 10.3 Å². The summed E-state index contributed by atoms with van der Waals surface area (Å²) in [4.78, 5) is -0.412. The smallest absolute Gasteiger partial charge is 0.225 e. The lowest BCUT2D eigenvalue weighted by Gasteiger charge is -2.17. The average molecular weight is 467 g/mol. The van der Waals surface area contributed by atoms with Gasteiger partial charge in [-0.1, -0.05) is 35.4 Å². The van der Waals surface area contributed by atoms with Gasteiger partial charge < -0.3 is 0 Å². The molecule has 0 aromatic heterocycles. The summed E-state index contributed by atoms with van der Waals surface area (Å²) >= 11 is 0. The Bertz CT molecular complexity index is 1440. The van der Waals surface area contributed by atoms with Crippen LogP contribution < -0.4 is 10.3 Å². The number of hydrogen-bond acceptors (Lipinski definition) is 6. The Kier molecular flexibility index (Phi) is 5.92. The van der Waals surface area contributed by atoms with Gasteiger partial charge in [-0.3, -0.25) is 0 Å². The second-order valence-corrected chi connectivity index (χ2v) is 10.3. The van der Waals surface area contributed by atoms with Gasteiger partial charge in [0.25, 0.3) is 0 Å². The molecule has 3 aromatic carbocycles. The molecule has 0 saturated heterocycles. The summed E-state index contributed by atoms with van der Waals surface area (Å²) < 4.78 is 49.2. The number of aryl methyl sites for hydroxylation is 2. The highest BCUT2D eigenvalue weighted by molar-refractivity contribution is 7.89. The Hall–Kier alpha value is -3.54. The third-order valence-corrected chi connectivity index (χ3v) is 6.80. The fraction of sp³-hybridized carbons (Fsp3) is 0.0909. The Morgan fingerprint density at radius 2 is 0.969 bits per heavy atom. The first-order chi connectivity index (χ1) is 14.9. The molecule has 3 aromatic rings. The van der Waals surface area contributed by atoms with Crippen molar-refractivity contribution in [3.8, 4) is 34.4 Å². The van der Waals surface area contributed by atoms with Gasteiger partial charge in [0.05, 0.1) is 20.9 Å². The number of hydrogen-bond donors (Lipinski definition) is 2. The van der Waals surface area contributed by atoms with Crippen LogP contribution >= 0.6 is 0 Å². The molecule has 0 aliphatic carbocycles. The molecular weight excluding hydrogens is 448 g/mol. The van der Waals surface area contributed by atoms with Crippen molar-refractivity contribution in [3.05, 3.63) is 70.8 Å². The highest BCUT2D eigenvalue weighted by Gasteiger charge is 2.24. The molecule has 0 saturated carbocycles. The number of nitrogens with two attached hydrogens (primary N) is 2. The van der Waals surface area contributed by atoms with Gasteiger partial charge in [0.15, 0.2) is 0 Å². The summed E-state index contributed by atoms with van der Waals surface area (Å²) in [5.74, 6) is 0. The van der Waals surface area contributed by atoms with Crippen LogP contribution in [-0.2, 0) is 20.0 Å². The maximum Gasteiger partial charge on any atom is 0.238 e. The summed E-state index contributed by atoms with van der Waals surface area (Å²) in [5, 5.41) is 29.9. The van der Waals surface area contributed by atoms with Gasteiger partial charge in [0.2, 0.25) is 20.0 Å². The molecule has 0 aliphatic heterocycles. The molecule has 0 heterocycles. The number of primary sulfonamides is 2. The van der Waals surface area contributed by atoms with E-state index < -0.39 is 20.0 Å². The molecule has 4 N–H and O–H groups in total. The number of nitriles is 2. The largest absolute Gasteiger partial charge is 0.238 e. The molecule has 10 heteroatoms. The van der Waals surface area contributed by atoms with Gasteiger partial charge in [-0.05, 0) is 49.2 Å². The van der Waals surface area contributed by atoms with E-state index in [2.05, 4.69) is 0 Å². The molecule has 0 spiro atoms. The number of sulfonamides is 2. The molecule has 0 fully saturated rings. The van der Waals surface area contributed by atoms with Gasteiger partial charge in [-0.15, -0.1) is 0 Å². The lowest BCUT2D eigenvalue weighted by atomic mass is 9.89. The average Bonchev–Trinajstić information content (AvgIpc) is 2.70. The van der Waals surface area contributed by atoms with E-state index in [4.69, 9.17) is 10.3 Å². The van der Waals surface area contributed by atoms with Crippen LogP contribution in [0.4, 0.5) is 0 Å². The van der Waals surface area contributed by atoms with Crippen LogP contribution in [0.15, 0.2) is 58.3 Å². The van der Waals surface area contributed by atoms with Crippen LogP contribution in [0, 0.1) is 36.5 Å². The zero-order valence-corrected chi connectivity index (χ0v) is 18.8. The summed E-state index contributed by atoms with van der Waals surface area (Å²) in [7, 11) is -8.34. The second kappa shape index (κ2) is 8.19. The second-order valence-electron chi connectivity index (χ2n) is 7.26. The van der Waals surface area contributed by atoms with Crippen LogP contribution in [0.2, 0.25) is 0 Å². The van der Waals surface area contributed by atoms with E-state index in [-0.39, 0.29) is 43.2 Å². The lowest BCUT2D eigenvalue weighted by Crippen LogP contribution is -2.15. The molecule has 8 nitrogen and oxygen atoms in total. The molecule has 3 rings (SSSR count). The van der Waals surface area contributed by atoms with Crippen molar-refractivity contribution in [2.75, 3.05) is 0 Å². The third-order valence-electron chi connectivity index (χ3n) is 4.86. The van der Waals surface area contributed by atoms with Gasteiger partial charge >= 0.3 is 0 Å². The molecule has 0 aliphatic rings. The molecule has 0 atom stereocenters. The van der Waals surface area contributed by atoms with Crippen LogP contribution in [0.3, 0.4) is 0 Å². The normalized spacial score (nSPS) is 11.6. The number of rotatable bonds is 4. The first-order valence-electron chi connectivity index (χ1n) is 9.12. The Morgan fingerprint density at radius 1 is 0.625 bits per heavy atom. The van der Waals surface area contributed by atoms with Gasteiger partial charge in [-0.2, -0.15) is 10.5 Å². The van der Waals surface area contributed by atoms with E-state index in [0.717, 1.165) is 0 Å². The van der Waals surface area contributed by atoms with E-state index in [1.54, 1.807) is 38.1 Å². The van der Waals surface area contributed by atoms with E-state index in [9.17, 15) is 27.4 Å². The standard InChI is InChI=1S/C22H18N4O4S2/c1-13-3-5-21(31(25,27)28)19(7-13)17-9-15(11-23)16(12-24)10-18(17)20-8-14(2)4-6-22(20)32(26,29)30/h3-10H,1-2H3,(H2,25,27,28)(H2,26,29,30). The Morgan fingerprint density at radius 3 is 1.25 bits per heavy atom. The first-order valence-corrected chi connectivity index (χ1v) is 12.2. The first kappa shape index (κ1) is 23.1. The van der Waals surface area contributed by atoms with E-state index in [1.807, 2.05) is 12.1 Å². The number of nitrogens with zero attached hydrogens (tertiary/aromatic N) is 2. The Labute approximate surface area is 186 Å². The molecule has 162 valence electrons. The predicted octanol–water partition coefficient (Wildman–Crippen LogP) is 2.68. The summed E-state index contributed by atoms with van der Waals surface area (Å²) in [5.41, 5.74) is 2.20. The minimum Gasteiger partial charge on any atom is -0.225 e. The minimum atomic E-state index is -4.17. The number of benzene rings is 3. The quantitative estimate of drug-likeness (QED) is 0.599. The summed E-state index contributed by atoms with van der Waals surface area (Å²) in [6.45, 7) is 3.49. The Balaban J connectivity index is 2.59. The highest BCUT2D eigenvalue weighted by atomic mass is 32.2. The zero-order valence-electron chi connectivity index (χ0n) is 17.1. The summed E-state index contributed by atoms with van der Waals surface area (Å²) in [6, 6.07) is 15.5. The zero-order chi connectivity index (χ0) is 23.8. The van der Waals surface area contributed by atoms with Crippen molar-refractivity contribution < 1.29 is 16.8 Å². The fourth-order valence-electron chi connectivity index (χ4n) is 3.44. The SMILES string of the molecule is Cc1ccc(S(N)(=O)=O)c(-c2cc(C#N)c(C#N)cc2-c2cc(C)ccc2S(N)(=O)=O)c1. The van der Waals surface area contributed by atoms with E-state index in [1.165, 1.54) is 24.3 Å². The fourth-order valence-corrected chi connectivity index (χ4v) is 4.90. The van der Waals surface area contributed by atoms with Crippen molar-refractivity contribution in [1.29, 1.82) is 10.5 Å². The van der Waals surface area contributed by atoms with Crippen molar-refractivity contribution in [1.82, 2.24) is 0 Å². The maximum atomic E-state index is 12.3. The van der Waals surface area contributed by atoms with Crippen molar-refractivity contribution >= 4 is 20.0 Å². The highest BCUT2D eigenvalue weighted by Crippen LogP contribution is 2.40. The molecular formula is C22H18N4O4S2. The predicted molar refractivity (Wildman–Crippen MR) is 119 cm³/mol. The molecule has 0 radical (unpaired) electrons. The molecule has 0 amide bonds. The van der Waals surface area contributed by atoms with Crippen LogP contribution in [0.25, 0.3) is 22.3 Å². The third kappa shape index (κ3) is 4.40. The van der Waals surface area contributed by atoms with Crippen LogP contribution in [0.1, 0.15) is 22.3 Å². The molecule has 0 bridgehead atoms. The maximum absolute atomic E-state index is 12.3. The minimum absolute atomic E-state index is 0.00191. The summed E-state index contributed by atoms with van der Waals surface area (Å²) in [6.07, 6.45) is 0. The monoisotopic (exact) mass is 466 g/mol. The lowest BCUT2D eigenvalue weighted by molar-refractivity contribution is 0.596. The topological polar surface area (TPSA) is 168 Å². The molecule has 32 heavy (non-hydrogen) atoms. The van der Waals surface area contributed by atoms with Gasteiger partial charge in [0.1, 0.15) is 12.1 Å². The van der Waals surface area contributed by atoms with Crippen molar-refractivity contribution in [2.45, 2.75) is 23.6 Å². The molecule has 0 unspecified atom stereocenters. The van der Waals surface area contributed by atoms with Gasteiger partial charge in [0, 0.05) is 11.1 Å². The van der Waals surface area contributed by atoms with E-state index >= 15 is 0 Å². The van der Waals surface area contributed by atoms with Crippen LogP contribution in [-0.4, -0.2) is 16.8 Å². The van der Waals surface area contributed by atoms with Crippen LogP contribution in [0.5, 0.6) is 0 Å².